The van der Waals surface area contributed by atoms with Crippen molar-refractivity contribution >= 4 is 39.9 Å². The Hall–Kier alpha value is -1.27. The number of hydrogen-bond acceptors (Lipinski definition) is 4. The molecule has 0 aliphatic carbocycles. The number of thiocarbonyl (C=S) groups is 1. The molecule has 92 valence electrons. The van der Waals surface area contributed by atoms with Gasteiger partial charge in [-0.05, 0) is 25.3 Å². The zero-order valence-corrected chi connectivity index (χ0v) is 11.4. The van der Waals surface area contributed by atoms with E-state index in [4.69, 9.17) is 12.2 Å². The smallest absolute Gasteiger partial charge is 0.257 e. The third kappa shape index (κ3) is 5.55. The van der Waals surface area contributed by atoms with Crippen LogP contribution in [0.2, 0.25) is 0 Å². The largest absolute Gasteiger partial charge is 0.376 e. The van der Waals surface area contributed by atoms with Gasteiger partial charge in [0, 0.05) is 5.69 Å². The van der Waals surface area contributed by atoms with E-state index in [2.05, 4.69) is 16.2 Å². The number of hydrogen-bond donors (Lipinski definition) is 3. The van der Waals surface area contributed by atoms with E-state index in [0.29, 0.717) is 4.32 Å². The van der Waals surface area contributed by atoms with Gasteiger partial charge in [0.2, 0.25) is 0 Å². The number of benzene rings is 1. The molecule has 1 rings (SSSR count). The van der Waals surface area contributed by atoms with Crippen LogP contribution in [-0.4, -0.2) is 23.0 Å². The average molecular weight is 269 g/mol. The predicted octanol–water partition coefficient (Wildman–Crippen LogP) is 1.68. The van der Waals surface area contributed by atoms with Gasteiger partial charge in [-0.1, -0.05) is 41.7 Å². The van der Waals surface area contributed by atoms with Crippen molar-refractivity contribution in [3.05, 3.63) is 29.8 Å². The number of carbonyl (C=O) groups is 1. The van der Waals surface area contributed by atoms with E-state index in [0.717, 1.165) is 5.69 Å². The van der Waals surface area contributed by atoms with Crippen LogP contribution in [0.3, 0.4) is 0 Å². The van der Waals surface area contributed by atoms with Crippen LogP contribution in [-0.2, 0) is 4.79 Å². The molecule has 0 aromatic heterocycles. The second-order valence-electron chi connectivity index (χ2n) is 3.38. The Morgan fingerprint density at radius 3 is 2.53 bits per heavy atom. The van der Waals surface area contributed by atoms with Gasteiger partial charge in [-0.25, -0.2) is 0 Å². The van der Waals surface area contributed by atoms with Crippen LogP contribution in [0.25, 0.3) is 0 Å². The Kier molecular flexibility index (Phi) is 5.79. The highest BCUT2D eigenvalue weighted by Gasteiger charge is 2.01. The number of rotatable bonds is 3. The number of carbonyl (C=O) groups excluding carboxylic acids is 1. The number of anilines is 1. The van der Waals surface area contributed by atoms with Gasteiger partial charge in [-0.2, -0.15) is 0 Å². The Balaban J connectivity index is 2.28. The van der Waals surface area contributed by atoms with Crippen molar-refractivity contribution in [1.29, 1.82) is 0 Å². The lowest BCUT2D eigenvalue weighted by Gasteiger charge is -2.09. The second-order valence-corrected chi connectivity index (χ2v) is 4.87. The van der Waals surface area contributed by atoms with E-state index < -0.39 is 0 Å². The maximum atomic E-state index is 11.4. The summed E-state index contributed by atoms with van der Waals surface area (Å²) in [6.07, 6.45) is 1.84. The second kappa shape index (κ2) is 7.13. The first-order valence-electron chi connectivity index (χ1n) is 5.05. The molecular formula is C11H15N3OS2. The van der Waals surface area contributed by atoms with E-state index in [1.807, 2.05) is 37.4 Å². The van der Waals surface area contributed by atoms with Crippen molar-refractivity contribution in [3.63, 3.8) is 0 Å². The third-order valence-electron chi connectivity index (χ3n) is 1.99. The minimum Gasteiger partial charge on any atom is -0.376 e. The van der Waals surface area contributed by atoms with E-state index in [1.54, 1.807) is 0 Å². The molecule has 6 heteroatoms. The molecule has 0 bridgehead atoms. The molecule has 0 aliphatic heterocycles. The lowest BCUT2D eigenvalue weighted by atomic mass is 10.2. The molecule has 0 spiro atoms. The van der Waals surface area contributed by atoms with E-state index in [-0.39, 0.29) is 12.5 Å². The first kappa shape index (κ1) is 13.8. The normalized spacial score (nSPS) is 9.53. The molecular weight excluding hydrogens is 254 g/mol. The summed E-state index contributed by atoms with van der Waals surface area (Å²) >= 11 is 6.25. The summed E-state index contributed by atoms with van der Waals surface area (Å²) in [4.78, 5) is 11.4. The number of amides is 1. The standard InChI is InChI=1S/C11H15N3OS2/c1-8-3-5-9(6-4-8)12-7-10(15)13-14-11(16)17-2/h3-6,12H,7H2,1-2H3,(H,13,15)(H,14,16). The van der Waals surface area contributed by atoms with Gasteiger partial charge < -0.3 is 5.32 Å². The fourth-order valence-electron chi connectivity index (χ4n) is 1.07. The van der Waals surface area contributed by atoms with Gasteiger partial charge in [0.15, 0.2) is 4.32 Å². The predicted molar refractivity (Wildman–Crippen MR) is 77.1 cm³/mol. The number of hydrazine groups is 1. The van der Waals surface area contributed by atoms with Crippen LogP contribution in [0, 0.1) is 6.92 Å². The molecule has 0 radical (unpaired) electrons. The van der Waals surface area contributed by atoms with Gasteiger partial charge in [-0.15, -0.1) is 0 Å². The van der Waals surface area contributed by atoms with Crippen LogP contribution in [0.4, 0.5) is 5.69 Å². The Morgan fingerprint density at radius 2 is 1.94 bits per heavy atom. The minimum atomic E-state index is -0.165. The summed E-state index contributed by atoms with van der Waals surface area (Å²) in [6.45, 7) is 2.22. The maximum absolute atomic E-state index is 11.4. The van der Waals surface area contributed by atoms with Crippen molar-refractivity contribution in [2.75, 3.05) is 18.1 Å². The van der Waals surface area contributed by atoms with Gasteiger partial charge in [-0.3, -0.25) is 15.6 Å². The quantitative estimate of drug-likeness (QED) is 0.576. The topological polar surface area (TPSA) is 53.2 Å². The van der Waals surface area contributed by atoms with Gasteiger partial charge in [0.25, 0.3) is 5.91 Å². The molecule has 1 aromatic rings. The molecule has 1 aromatic carbocycles. The summed E-state index contributed by atoms with van der Waals surface area (Å²) < 4.78 is 0.536. The number of aryl methyl sites for hydroxylation is 1. The summed E-state index contributed by atoms with van der Waals surface area (Å²) in [5.41, 5.74) is 7.24. The molecule has 0 heterocycles. The summed E-state index contributed by atoms with van der Waals surface area (Å²) in [5.74, 6) is -0.165. The molecule has 0 saturated heterocycles. The molecule has 0 unspecified atom stereocenters. The van der Waals surface area contributed by atoms with Crippen molar-refractivity contribution < 1.29 is 4.79 Å². The van der Waals surface area contributed by atoms with Crippen LogP contribution >= 0.6 is 24.0 Å². The molecule has 0 fully saturated rings. The van der Waals surface area contributed by atoms with E-state index in [9.17, 15) is 4.79 Å². The zero-order chi connectivity index (χ0) is 12.7. The van der Waals surface area contributed by atoms with Crippen LogP contribution < -0.4 is 16.2 Å². The van der Waals surface area contributed by atoms with Crippen molar-refractivity contribution in [2.24, 2.45) is 0 Å². The summed E-state index contributed by atoms with van der Waals surface area (Å²) in [6, 6.07) is 7.84. The fraction of sp³-hybridized carbons (Fsp3) is 0.273. The number of thioether (sulfide) groups is 1. The monoisotopic (exact) mass is 269 g/mol. The Morgan fingerprint density at radius 1 is 1.29 bits per heavy atom. The Labute approximate surface area is 111 Å². The average Bonchev–Trinajstić information content (AvgIpc) is 2.35. The molecule has 4 nitrogen and oxygen atoms in total. The van der Waals surface area contributed by atoms with Crippen LogP contribution in [0.1, 0.15) is 5.56 Å². The molecule has 1 amide bonds. The number of nitrogens with one attached hydrogen (secondary N) is 3. The fourth-order valence-corrected chi connectivity index (χ4v) is 1.27. The van der Waals surface area contributed by atoms with E-state index >= 15 is 0 Å². The first-order chi connectivity index (χ1) is 8.11. The van der Waals surface area contributed by atoms with Crippen LogP contribution in [0.15, 0.2) is 24.3 Å². The lowest BCUT2D eigenvalue weighted by molar-refractivity contribution is -0.119. The summed E-state index contributed by atoms with van der Waals surface area (Å²) in [5, 5.41) is 3.01. The minimum absolute atomic E-state index is 0.165. The third-order valence-corrected chi connectivity index (χ3v) is 3.07. The van der Waals surface area contributed by atoms with Gasteiger partial charge in [0.1, 0.15) is 0 Å². The van der Waals surface area contributed by atoms with Crippen molar-refractivity contribution in [2.45, 2.75) is 6.92 Å². The molecule has 3 N–H and O–H groups in total. The molecule has 0 saturated carbocycles. The first-order valence-corrected chi connectivity index (χ1v) is 6.68. The maximum Gasteiger partial charge on any atom is 0.257 e. The lowest BCUT2D eigenvalue weighted by Crippen LogP contribution is -2.42. The molecule has 0 aliphatic rings. The van der Waals surface area contributed by atoms with Crippen molar-refractivity contribution in [1.82, 2.24) is 10.9 Å². The highest BCUT2D eigenvalue weighted by Crippen LogP contribution is 2.07. The van der Waals surface area contributed by atoms with Gasteiger partial charge >= 0.3 is 0 Å². The highest BCUT2D eigenvalue weighted by atomic mass is 32.2. The molecule has 17 heavy (non-hydrogen) atoms. The molecule has 0 atom stereocenters. The Bertz CT molecular complexity index is 392. The van der Waals surface area contributed by atoms with Gasteiger partial charge in [0.05, 0.1) is 6.54 Å². The zero-order valence-electron chi connectivity index (χ0n) is 9.74. The highest BCUT2D eigenvalue weighted by molar-refractivity contribution is 8.22. The summed E-state index contributed by atoms with van der Waals surface area (Å²) in [7, 11) is 0. The van der Waals surface area contributed by atoms with E-state index in [1.165, 1.54) is 17.3 Å². The van der Waals surface area contributed by atoms with Crippen LogP contribution in [0.5, 0.6) is 0 Å². The SMILES string of the molecule is CSC(=S)NNC(=O)CNc1ccc(C)cc1. The van der Waals surface area contributed by atoms with Crippen molar-refractivity contribution in [3.8, 4) is 0 Å².